The van der Waals surface area contributed by atoms with Crippen LogP contribution in [0.1, 0.15) is 5.56 Å². The molecule has 1 aromatic carbocycles. The summed E-state index contributed by atoms with van der Waals surface area (Å²) in [6.07, 6.45) is 3.84. The summed E-state index contributed by atoms with van der Waals surface area (Å²) in [5.74, 6) is 0. The average Bonchev–Trinajstić information content (AvgIpc) is 2.24. The second-order valence-electron chi connectivity index (χ2n) is 4.65. The fraction of sp³-hybridized carbons (Fsp3) is 0.286. The molecule has 0 fully saturated rings. The van der Waals surface area contributed by atoms with Crippen LogP contribution in [0.5, 0.6) is 0 Å². The summed E-state index contributed by atoms with van der Waals surface area (Å²) >= 11 is 0. The molecule has 0 saturated heterocycles. The monoisotopic (exact) mass is 249 g/mol. The van der Waals surface area contributed by atoms with Crippen molar-refractivity contribution in [1.29, 1.82) is 0 Å². The van der Waals surface area contributed by atoms with E-state index in [2.05, 4.69) is 6.58 Å². The zero-order valence-corrected chi connectivity index (χ0v) is 11.9. The minimum Gasteiger partial charge on any atom is -0.383 e. The largest absolute Gasteiger partial charge is 0.383 e. The molecule has 1 rings (SSSR count). The Labute approximate surface area is 104 Å². The molecule has 0 aliphatic heterocycles. The van der Waals surface area contributed by atoms with Gasteiger partial charge >= 0.3 is 0 Å². The fourth-order valence-electron chi connectivity index (χ4n) is 1.54. The Morgan fingerprint density at radius 1 is 1.24 bits per heavy atom. The van der Waals surface area contributed by atoms with Crippen molar-refractivity contribution in [2.75, 3.05) is 27.4 Å². The van der Waals surface area contributed by atoms with Crippen molar-refractivity contribution in [2.24, 2.45) is 0 Å². The van der Waals surface area contributed by atoms with Gasteiger partial charge in [0.25, 0.3) is 0 Å². The van der Waals surface area contributed by atoms with Gasteiger partial charge in [-0.2, -0.15) is 0 Å². The van der Waals surface area contributed by atoms with E-state index in [1.54, 1.807) is 13.3 Å². The molecule has 0 amide bonds. The predicted octanol–water partition coefficient (Wildman–Crippen LogP) is 3.02. The van der Waals surface area contributed by atoms with Crippen LogP contribution in [-0.4, -0.2) is 32.3 Å². The van der Waals surface area contributed by atoms with Gasteiger partial charge in [-0.3, -0.25) is 0 Å². The van der Waals surface area contributed by atoms with Gasteiger partial charge in [-0.25, -0.2) is 0 Å². The Hall–Kier alpha value is -1.27. The van der Waals surface area contributed by atoms with Crippen LogP contribution >= 0.6 is 7.14 Å². The maximum Gasteiger partial charge on any atom is 0.109 e. The van der Waals surface area contributed by atoms with Crippen molar-refractivity contribution in [2.45, 2.75) is 0 Å². The SMILES string of the molecule is C=C/C(=C\N(C)C)c1ccc(P(C)(C)=O)cc1. The van der Waals surface area contributed by atoms with Gasteiger partial charge in [0.05, 0.1) is 0 Å². The first kappa shape index (κ1) is 13.8. The maximum atomic E-state index is 11.9. The highest BCUT2D eigenvalue weighted by molar-refractivity contribution is 7.70. The van der Waals surface area contributed by atoms with Gasteiger partial charge in [0.15, 0.2) is 0 Å². The number of hydrogen-bond donors (Lipinski definition) is 0. The Kier molecular flexibility index (Phi) is 4.36. The highest BCUT2D eigenvalue weighted by atomic mass is 31.2. The van der Waals surface area contributed by atoms with E-state index in [0.29, 0.717) is 0 Å². The van der Waals surface area contributed by atoms with E-state index in [0.717, 1.165) is 16.4 Å². The molecule has 0 aliphatic rings. The van der Waals surface area contributed by atoms with E-state index >= 15 is 0 Å². The lowest BCUT2D eigenvalue weighted by atomic mass is 10.1. The molecule has 0 radical (unpaired) electrons. The van der Waals surface area contributed by atoms with E-state index < -0.39 is 7.14 Å². The summed E-state index contributed by atoms with van der Waals surface area (Å²) in [7, 11) is 1.79. The third-order valence-electron chi connectivity index (χ3n) is 2.44. The fourth-order valence-corrected chi connectivity index (χ4v) is 2.40. The lowest BCUT2D eigenvalue weighted by molar-refractivity contribution is 0.566. The van der Waals surface area contributed by atoms with Crippen LogP contribution in [-0.2, 0) is 4.57 Å². The molecule has 0 unspecified atom stereocenters. The van der Waals surface area contributed by atoms with Crippen LogP contribution in [0.2, 0.25) is 0 Å². The molecule has 1 aromatic rings. The van der Waals surface area contributed by atoms with Gasteiger partial charge in [-0.1, -0.05) is 36.9 Å². The van der Waals surface area contributed by atoms with Crippen molar-refractivity contribution in [1.82, 2.24) is 4.90 Å². The molecule has 17 heavy (non-hydrogen) atoms. The third kappa shape index (κ3) is 3.90. The first-order valence-electron chi connectivity index (χ1n) is 5.51. The van der Waals surface area contributed by atoms with Gasteiger partial charge in [0.2, 0.25) is 0 Å². The molecule has 0 aliphatic carbocycles. The Balaban J connectivity index is 3.10. The summed E-state index contributed by atoms with van der Waals surface area (Å²) in [6, 6.07) is 7.85. The first-order valence-corrected chi connectivity index (χ1v) is 8.11. The van der Waals surface area contributed by atoms with E-state index in [1.165, 1.54) is 0 Å². The number of rotatable bonds is 4. The molecule has 0 aromatic heterocycles. The molecular weight excluding hydrogens is 229 g/mol. The van der Waals surface area contributed by atoms with Crippen LogP contribution < -0.4 is 5.30 Å². The standard InChI is InChI=1S/C14H20NOP/c1-6-12(11-15(2)3)13-7-9-14(10-8-13)17(4,5)16/h6-11H,1H2,2-5H3/b12-11+. The van der Waals surface area contributed by atoms with Gasteiger partial charge in [-0.05, 0) is 24.5 Å². The lowest BCUT2D eigenvalue weighted by Crippen LogP contribution is -2.04. The van der Waals surface area contributed by atoms with Crippen LogP contribution in [0.4, 0.5) is 0 Å². The summed E-state index contributed by atoms with van der Waals surface area (Å²) in [5, 5.41) is 0.912. The predicted molar refractivity (Wildman–Crippen MR) is 77.4 cm³/mol. The minimum atomic E-state index is -2.16. The zero-order valence-electron chi connectivity index (χ0n) is 11.0. The van der Waals surface area contributed by atoms with E-state index in [1.807, 2.05) is 55.5 Å². The molecule has 3 heteroatoms. The van der Waals surface area contributed by atoms with Crippen LogP contribution in [0.25, 0.3) is 5.57 Å². The molecular formula is C14H20NOP. The molecule has 0 spiro atoms. The van der Waals surface area contributed by atoms with E-state index in [4.69, 9.17) is 0 Å². The van der Waals surface area contributed by atoms with E-state index in [-0.39, 0.29) is 0 Å². The summed E-state index contributed by atoms with van der Waals surface area (Å²) in [5.41, 5.74) is 2.15. The zero-order chi connectivity index (χ0) is 13.1. The van der Waals surface area contributed by atoms with Crippen molar-refractivity contribution >= 4 is 18.0 Å². The van der Waals surface area contributed by atoms with Crippen molar-refractivity contribution in [3.8, 4) is 0 Å². The summed E-state index contributed by atoms with van der Waals surface area (Å²) in [4.78, 5) is 1.98. The molecule has 0 bridgehead atoms. The third-order valence-corrected chi connectivity index (χ3v) is 3.98. The van der Waals surface area contributed by atoms with Gasteiger partial charge in [0, 0.05) is 25.6 Å². The highest BCUT2D eigenvalue weighted by Gasteiger charge is 2.10. The number of benzene rings is 1. The van der Waals surface area contributed by atoms with Crippen molar-refractivity contribution in [3.63, 3.8) is 0 Å². The van der Waals surface area contributed by atoms with Crippen LogP contribution in [0.15, 0.2) is 43.1 Å². The van der Waals surface area contributed by atoms with Gasteiger partial charge in [-0.15, -0.1) is 0 Å². The topological polar surface area (TPSA) is 20.3 Å². The smallest absolute Gasteiger partial charge is 0.109 e. The lowest BCUT2D eigenvalue weighted by Gasteiger charge is -2.11. The van der Waals surface area contributed by atoms with Crippen LogP contribution in [0, 0.1) is 0 Å². The summed E-state index contributed by atoms with van der Waals surface area (Å²) < 4.78 is 11.9. The molecule has 0 N–H and O–H groups in total. The number of nitrogens with zero attached hydrogens (tertiary/aromatic N) is 1. The van der Waals surface area contributed by atoms with Gasteiger partial charge < -0.3 is 9.46 Å². The molecule has 92 valence electrons. The normalized spacial score (nSPS) is 12.4. The Morgan fingerprint density at radius 3 is 2.12 bits per heavy atom. The van der Waals surface area contributed by atoms with Crippen molar-refractivity contribution in [3.05, 3.63) is 48.7 Å². The molecule has 0 heterocycles. The minimum absolute atomic E-state index is 0.912. The maximum absolute atomic E-state index is 11.9. The Morgan fingerprint density at radius 2 is 1.76 bits per heavy atom. The summed E-state index contributed by atoms with van der Waals surface area (Å²) in [6.45, 7) is 7.38. The van der Waals surface area contributed by atoms with Crippen molar-refractivity contribution < 1.29 is 4.57 Å². The average molecular weight is 249 g/mol. The Bertz CT molecular complexity index is 466. The second kappa shape index (κ2) is 5.37. The number of hydrogen-bond acceptors (Lipinski definition) is 2. The second-order valence-corrected chi connectivity index (χ2v) is 7.87. The highest BCUT2D eigenvalue weighted by Crippen LogP contribution is 2.34. The first-order chi connectivity index (χ1) is 7.84. The van der Waals surface area contributed by atoms with Gasteiger partial charge in [0.1, 0.15) is 7.14 Å². The van der Waals surface area contributed by atoms with Crippen LogP contribution in [0.3, 0.4) is 0 Å². The van der Waals surface area contributed by atoms with E-state index in [9.17, 15) is 4.57 Å². The molecule has 2 nitrogen and oxygen atoms in total. The quantitative estimate of drug-likeness (QED) is 0.604. The number of allylic oxidation sites excluding steroid dienone is 2. The molecule has 0 saturated carbocycles. The molecule has 0 atom stereocenters.